The summed E-state index contributed by atoms with van der Waals surface area (Å²) in [4.78, 5) is 13.3. The highest BCUT2D eigenvalue weighted by Gasteiger charge is 2.03. The number of nitrogens with zero attached hydrogens (tertiary/aromatic N) is 4. The molecule has 2 N–H and O–H groups in total. The molecule has 0 fully saturated rings. The van der Waals surface area contributed by atoms with Gasteiger partial charge >= 0.3 is 0 Å². The van der Waals surface area contributed by atoms with E-state index < -0.39 is 5.56 Å². The summed E-state index contributed by atoms with van der Waals surface area (Å²) in [5, 5.41) is 18.5. The maximum atomic E-state index is 11.3. The summed E-state index contributed by atoms with van der Waals surface area (Å²) >= 11 is 5.82. The molecule has 0 aliphatic rings. The number of aromatic nitrogens is 2. The van der Waals surface area contributed by atoms with Gasteiger partial charge in [-0.15, -0.1) is 0 Å². The second-order valence-corrected chi connectivity index (χ2v) is 5.10. The second-order valence-electron chi connectivity index (χ2n) is 4.72. The molecule has 0 aliphatic carbocycles. The van der Waals surface area contributed by atoms with Crippen LogP contribution in [0.2, 0.25) is 5.02 Å². The zero-order valence-corrected chi connectivity index (χ0v) is 13.2. The van der Waals surface area contributed by atoms with E-state index in [1.54, 1.807) is 6.21 Å². The monoisotopic (exact) mass is 330 g/mol. The van der Waals surface area contributed by atoms with Crippen LogP contribution in [-0.4, -0.2) is 30.0 Å². The third-order valence-electron chi connectivity index (χ3n) is 3.09. The van der Waals surface area contributed by atoms with Crippen molar-refractivity contribution in [2.45, 2.75) is 6.42 Å². The molecule has 118 valence electrons. The molecule has 0 saturated carbocycles. The van der Waals surface area contributed by atoms with Gasteiger partial charge in [0.15, 0.2) is 0 Å². The minimum Gasteiger partial charge on any atom is -0.374 e. The molecule has 0 radical (unpaired) electrons. The number of H-pyrrole nitrogens is 1. The van der Waals surface area contributed by atoms with Gasteiger partial charge in [-0.05, 0) is 17.7 Å². The van der Waals surface area contributed by atoms with Crippen molar-refractivity contribution < 1.29 is 0 Å². The van der Waals surface area contributed by atoms with Crippen LogP contribution < -0.4 is 15.9 Å². The summed E-state index contributed by atoms with van der Waals surface area (Å²) < 4.78 is 0. The normalized spacial score (nSPS) is 10.5. The van der Waals surface area contributed by atoms with Crippen LogP contribution in [0.3, 0.4) is 0 Å². The van der Waals surface area contributed by atoms with Crippen molar-refractivity contribution in [3.63, 3.8) is 0 Å². The highest BCUT2D eigenvalue weighted by Crippen LogP contribution is 2.15. The number of aromatic amines is 1. The van der Waals surface area contributed by atoms with E-state index in [-0.39, 0.29) is 5.02 Å². The summed E-state index contributed by atoms with van der Waals surface area (Å²) in [5.74, 6) is 0. The summed E-state index contributed by atoms with van der Waals surface area (Å²) in [5.41, 5.74) is 4.43. The first-order valence-corrected chi connectivity index (χ1v) is 7.20. The lowest BCUT2D eigenvalue weighted by atomic mass is 10.2. The van der Waals surface area contributed by atoms with Crippen molar-refractivity contribution >= 4 is 29.2 Å². The van der Waals surface area contributed by atoms with Crippen LogP contribution in [0.1, 0.15) is 12.0 Å². The zero-order chi connectivity index (χ0) is 16.7. The summed E-state index contributed by atoms with van der Waals surface area (Å²) in [7, 11) is 1.93. The van der Waals surface area contributed by atoms with Crippen molar-refractivity contribution in [2.24, 2.45) is 5.10 Å². The van der Waals surface area contributed by atoms with E-state index in [0.29, 0.717) is 18.7 Å². The highest BCUT2D eigenvalue weighted by atomic mass is 35.5. The van der Waals surface area contributed by atoms with E-state index in [4.69, 9.17) is 16.9 Å². The van der Waals surface area contributed by atoms with Gasteiger partial charge in [0.2, 0.25) is 0 Å². The third kappa shape index (κ3) is 4.56. The summed E-state index contributed by atoms with van der Waals surface area (Å²) in [6.07, 6.45) is 3.47. The fourth-order valence-corrected chi connectivity index (χ4v) is 1.93. The Morgan fingerprint density at radius 2 is 2.22 bits per heavy atom. The number of anilines is 2. The lowest BCUT2D eigenvalue weighted by Crippen LogP contribution is -2.17. The predicted molar refractivity (Wildman–Crippen MR) is 91.0 cm³/mol. The molecule has 0 spiro atoms. The number of nitriles is 1. The molecular formula is C15H15ClN6O. The number of benzene rings is 1. The highest BCUT2D eigenvalue weighted by molar-refractivity contribution is 6.32. The van der Waals surface area contributed by atoms with Gasteiger partial charge in [0.05, 0.1) is 24.9 Å². The Morgan fingerprint density at radius 3 is 2.91 bits per heavy atom. The molecule has 2 aromatic rings. The van der Waals surface area contributed by atoms with Crippen molar-refractivity contribution in [1.82, 2.24) is 10.2 Å². The lowest BCUT2D eigenvalue weighted by Gasteiger charge is -2.17. The number of hydrazone groups is 1. The Kier molecular flexibility index (Phi) is 5.72. The molecule has 8 heteroatoms. The molecule has 1 aromatic carbocycles. The number of hydrogen-bond donors (Lipinski definition) is 2. The van der Waals surface area contributed by atoms with Crippen molar-refractivity contribution in [3.05, 3.63) is 51.4 Å². The molecule has 0 bridgehead atoms. The number of hydrogen-bond acceptors (Lipinski definition) is 6. The predicted octanol–water partition coefficient (Wildman–Crippen LogP) is 2.22. The molecule has 0 unspecified atom stereocenters. The average molecular weight is 331 g/mol. The molecule has 2 rings (SSSR count). The Balaban J connectivity index is 1.99. The molecule has 1 aromatic heterocycles. The van der Waals surface area contributed by atoms with E-state index in [1.807, 2.05) is 36.2 Å². The van der Waals surface area contributed by atoms with E-state index >= 15 is 0 Å². The van der Waals surface area contributed by atoms with E-state index in [1.165, 1.54) is 6.20 Å². The van der Waals surface area contributed by atoms with Gasteiger partial charge in [-0.25, -0.2) is 5.10 Å². The van der Waals surface area contributed by atoms with Crippen molar-refractivity contribution in [3.8, 4) is 6.07 Å². The Hall–Kier alpha value is -2.85. The molecular weight excluding hydrogens is 316 g/mol. The van der Waals surface area contributed by atoms with Gasteiger partial charge < -0.3 is 4.90 Å². The van der Waals surface area contributed by atoms with Gasteiger partial charge in [-0.2, -0.15) is 15.5 Å². The van der Waals surface area contributed by atoms with Crippen LogP contribution in [0.4, 0.5) is 11.4 Å². The first kappa shape index (κ1) is 16.5. The molecule has 0 amide bonds. The maximum absolute atomic E-state index is 11.3. The van der Waals surface area contributed by atoms with E-state index in [2.05, 4.69) is 26.8 Å². The van der Waals surface area contributed by atoms with Crippen LogP contribution in [0.5, 0.6) is 0 Å². The topological polar surface area (TPSA) is 97.2 Å². The van der Waals surface area contributed by atoms with Crippen LogP contribution >= 0.6 is 11.6 Å². The molecule has 7 nitrogen and oxygen atoms in total. The number of nitrogens with one attached hydrogen (secondary N) is 2. The Morgan fingerprint density at radius 1 is 1.48 bits per heavy atom. The average Bonchev–Trinajstić information content (AvgIpc) is 2.57. The largest absolute Gasteiger partial charge is 0.374 e. The minimum atomic E-state index is -0.475. The third-order valence-corrected chi connectivity index (χ3v) is 3.46. The van der Waals surface area contributed by atoms with Gasteiger partial charge in [-0.1, -0.05) is 23.7 Å². The summed E-state index contributed by atoms with van der Waals surface area (Å²) in [6.45, 7) is 0.680. The molecule has 0 atom stereocenters. The molecule has 23 heavy (non-hydrogen) atoms. The van der Waals surface area contributed by atoms with Gasteiger partial charge in [-0.3, -0.25) is 10.2 Å². The lowest BCUT2D eigenvalue weighted by molar-refractivity contribution is 0.905. The van der Waals surface area contributed by atoms with E-state index in [0.717, 1.165) is 11.3 Å². The first-order chi connectivity index (χ1) is 11.1. The first-order valence-electron chi connectivity index (χ1n) is 6.82. The van der Waals surface area contributed by atoms with Crippen LogP contribution in [0.25, 0.3) is 0 Å². The SMILES string of the molecule is CN(CCC#N)c1ccc(/C=N\Nc2cn[nH]c(=O)c2Cl)cc1. The Labute approximate surface area is 138 Å². The molecule has 0 aliphatic heterocycles. The summed E-state index contributed by atoms with van der Waals surface area (Å²) in [6, 6.07) is 9.82. The number of halogens is 1. The second kappa shape index (κ2) is 7.96. The molecule has 0 saturated heterocycles. The van der Waals surface area contributed by atoms with Gasteiger partial charge in [0.25, 0.3) is 5.56 Å². The van der Waals surface area contributed by atoms with Crippen molar-refractivity contribution in [2.75, 3.05) is 23.9 Å². The Bertz CT molecular complexity index is 778. The van der Waals surface area contributed by atoms with E-state index in [9.17, 15) is 4.79 Å². The van der Waals surface area contributed by atoms with Gasteiger partial charge in [0, 0.05) is 19.3 Å². The smallest absolute Gasteiger partial charge is 0.285 e. The fourth-order valence-electron chi connectivity index (χ4n) is 1.80. The van der Waals surface area contributed by atoms with Crippen molar-refractivity contribution in [1.29, 1.82) is 5.26 Å². The van der Waals surface area contributed by atoms with Crippen LogP contribution in [-0.2, 0) is 0 Å². The van der Waals surface area contributed by atoms with Crippen LogP contribution in [0, 0.1) is 11.3 Å². The molecule has 1 heterocycles. The standard InChI is InChI=1S/C15H15ClN6O/c1-22(8-2-7-17)12-5-3-11(4-6-12)9-18-20-13-10-19-21-15(23)14(13)16/h3-6,9-10H,2,8H2,1H3,(H2,20,21,23)/b18-9-. The minimum absolute atomic E-state index is 0.00613. The fraction of sp³-hybridized carbons (Fsp3) is 0.200. The van der Waals surface area contributed by atoms with Crippen LogP contribution in [0.15, 0.2) is 40.4 Å². The van der Waals surface area contributed by atoms with Gasteiger partial charge in [0.1, 0.15) is 10.7 Å². The maximum Gasteiger partial charge on any atom is 0.285 e. The number of rotatable bonds is 6. The quantitative estimate of drug-likeness (QED) is 0.625. The zero-order valence-electron chi connectivity index (χ0n) is 12.5.